The highest BCUT2D eigenvalue weighted by atomic mass is 16.6. The molecule has 1 unspecified atom stereocenters. The molecule has 6 heteroatoms. The Labute approximate surface area is 363 Å². The molecule has 6 nitrogen and oxygen atoms in total. The maximum absolute atomic E-state index is 12.7. The molecule has 0 spiro atoms. The average Bonchev–Trinajstić information content (AvgIpc) is 3.23. The Morgan fingerprint density at radius 3 is 1.12 bits per heavy atom. The van der Waals surface area contributed by atoms with Gasteiger partial charge in [-0.3, -0.25) is 14.4 Å². The summed E-state index contributed by atoms with van der Waals surface area (Å²) in [6.45, 7) is 6.43. The fourth-order valence-corrected chi connectivity index (χ4v) is 6.53. The number of carbonyl (C=O) groups is 3. The number of hydrogen-bond donors (Lipinski definition) is 0. The van der Waals surface area contributed by atoms with Gasteiger partial charge in [-0.05, 0) is 83.5 Å². The Hall–Kier alpha value is -3.15. The molecule has 0 bridgehead atoms. The molecule has 0 aliphatic carbocycles. The zero-order chi connectivity index (χ0) is 43.0. The fraction of sp³-hybridized carbons (Fsp3) is 0.717. The third-order valence-corrected chi connectivity index (χ3v) is 10.2. The number of allylic oxidation sites excluding steroid dienone is 12. The summed E-state index contributed by atoms with van der Waals surface area (Å²) >= 11 is 0. The fourth-order valence-electron chi connectivity index (χ4n) is 6.53. The highest BCUT2D eigenvalue weighted by Gasteiger charge is 2.19. The van der Waals surface area contributed by atoms with E-state index in [-0.39, 0.29) is 37.5 Å². The van der Waals surface area contributed by atoms with E-state index in [0.29, 0.717) is 19.3 Å². The molecule has 0 heterocycles. The molecule has 0 aromatic rings. The van der Waals surface area contributed by atoms with Crippen molar-refractivity contribution in [2.75, 3.05) is 13.2 Å². The summed E-state index contributed by atoms with van der Waals surface area (Å²) in [5.74, 6) is -0.969. The molecule has 0 aromatic carbocycles. The van der Waals surface area contributed by atoms with Crippen molar-refractivity contribution in [1.29, 1.82) is 0 Å². The van der Waals surface area contributed by atoms with Crippen LogP contribution >= 0.6 is 0 Å². The van der Waals surface area contributed by atoms with Crippen LogP contribution in [-0.4, -0.2) is 37.2 Å². The van der Waals surface area contributed by atoms with Gasteiger partial charge in [-0.15, -0.1) is 0 Å². The minimum atomic E-state index is -0.799. The number of ether oxygens (including phenoxy) is 3. The van der Waals surface area contributed by atoms with Crippen molar-refractivity contribution in [2.45, 2.75) is 232 Å². The van der Waals surface area contributed by atoms with Crippen LogP contribution in [0.3, 0.4) is 0 Å². The van der Waals surface area contributed by atoms with Crippen molar-refractivity contribution in [2.24, 2.45) is 0 Å². The highest BCUT2D eigenvalue weighted by Crippen LogP contribution is 2.13. The Morgan fingerprint density at radius 2 is 0.678 bits per heavy atom. The van der Waals surface area contributed by atoms with Crippen LogP contribution in [-0.2, 0) is 28.6 Å². The Bertz CT molecular complexity index is 1130. The van der Waals surface area contributed by atoms with Gasteiger partial charge >= 0.3 is 17.9 Å². The molecule has 0 amide bonds. The van der Waals surface area contributed by atoms with Crippen molar-refractivity contribution < 1.29 is 28.6 Å². The summed E-state index contributed by atoms with van der Waals surface area (Å²) in [6, 6.07) is 0. The monoisotopic (exact) mass is 823 g/mol. The van der Waals surface area contributed by atoms with E-state index in [0.717, 1.165) is 89.9 Å². The van der Waals surface area contributed by atoms with Crippen LogP contribution in [0.25, 0.3) is 0 Å². The van der Waals surface area contributed by atoms with E-state index >= 15 is 0 Å². The van der Waals surface area contributed by atoms with Crippen LogP contribution in [0.4, 0.5) is 0 Å². The number of unbranched alkanes of at least 4 members (excludes halogenated alkanes) is 20. The number of rotatable bonds is 43. The van der Waals surface area contributed by atoms with Crippen LogP contribution in [0.5, 0.6) is 0 Å². The largest absolute Gasteiger partial charge is 0.462 e. The summed E-state index contributed by atoms with van der Waals surface area (Å²) < 4.78 is 16.7. The zero-order valence-corrected chi connectivity index (χ0v) is 38.5. The van der Waals surface area contributed by atoms with Gasteiger partial charge in [0.1, 0.15) is 13.2 Å². The molecule has 0 fully saturated rings. The molecular weight excluding hydrogens is 733 g/mol. The van der Waals surface area contributed by atoms with E-state index in [1.807, 2.05) is 0 Å². The van der Waals surface area contributed by atoms with Gasteiger partial charge in [-0.2, -0.15) is 0 Å². The standard InChI is InChI=1S/C53H90O6/c1-4-7-10-13-16-19-21-23-25-26-28-29-31-34-37-40-43-46-52(55)58-49-50(48-57-51(54)45-42-39-36-33-18-15-12-9-6-3)59-53(56)47-44-41-38-35-32-30-27-24-22-20-17-14-11-8-5-2/h7,10,16,19,23-25,27-29,34,37,50H,4-6,8-9,11-15,17-18,20-22,26,30-33,35-36,38-49H2,1-3H3/b10-7-,19-16-,25-23-,27-24-,29-28-,37-34-. The molecule has 338 valence electrons. The van der Waals surface area contributed by atoms with E-state index < -0.39 is 6.10 Å². The highest BCUT2D eigenvalue weighted by molar-refractivity contribution is 5.71. The van der Waals surface area contributed by atoms with Crippen LogP contribution in [0.1, 0.15) is 226 Å². The molecule has 1 atom stereocenters. The Balaban J connectivity index is 4.45. The van der Waals surface area contributed by atoms with E-state index in [1.165, 1.54) is 89.9 Å². The van der Waals surface area contributed by atoms with E-state index in [4.69, 9.17) is 14.2 Å². The van der Waals surface area contributed by atoms with E-state index in [1.54, 1.807) is 0 Å². The third-order valence-electron chi connectivity index (χ3n) is 10.2. The second-order valence-corrected chi connectivity index (χ2v) is 16.0. The molecule has 59 heavy (non-hydrogen) atoms. The first kappa shape index (κ1) is 55.9. The van der Waals surface area contributed by atoms with E-state index in [2.05, 4.69) is 93.7 Å². The van der Waals surface area contributed by atoms with Crippen LogP contribution < -0.4 is 0 Å². The maximum Gasteiger partial charge on any atom is 0.306 e. The lowest BCUT2D eigenvalue weighted by Crippen LogP contribution is -2.30. The van der Waals surface area contributed by atoms with Gasteiger partial charge in [0.25, 0.3) is 0 Å². The van der Waals surface area contributed by atoms with Gasteiger partial charge in [-0.25, -0.2) is 0 Å². The molecule has 0 rings (SSSR count). The molecule has 0 aliphatic heterocycles. The van der Waals surface area contributed by atoms with Gasteiger partial charge in [0.15, 0.2) is 6.10 Å². The van der Waals surface area contributed by atoms with Gasteiger partial charge < -0.3 is 14.2 Å². The molecule has 0 saturated heterocycles. The van der Waals surface area contributed by atoms with Gasteiger partial charge in [0, 0.05) is 19.3 Å². The lowest BCUT2D eigenvalue weighted by molar-refractivity contribution is -0.167. The number of esters is 3. The molecule has 0 aromatic heterocycles. The minimum Gasteiger partial charge on any atom is -0.462 e. The molecule has 0 aliphatic rings. The molecule has 0 radical (unpaired) electrons. The topological polar surface area (TPSA) is 78.9 Å². The Morgan fingerprint density at radius 1 is 0.356 bits per heavy atom. The van der Waals surface area contributed by atoms with Crippen molar-refractivity contribution in [1.82, 2.24) is 0 Å². The van der Waals surface area contributed by atoms with E-state index in [9.17, 15) is 14.4 Å². The van der Waals surface area contributed by atoms with Crippen LogP contribution in [0, 0.1) is 0 Å². The predicted molar refractivity (Wildman–Crippen MR) is 251 cm³/mol. The SMILES string of the molecule is CC/C=C\C/C=C\C/C=C\C/C=C\C/C=C\CCCC(=O)OCC(COC(=O)CCCCCCCCCCC)OC(=O)CCCCCCC/C=C\CCCCCCCC. The first-order valence-electron chi connectivity index (χ1n) is 24.4. The minimum absolute atomic E-state index is 0.0955. The van der Waals surface area contributed by atoms with Crippen LogP contribution in [0.15, 0.2) is 72.9 Å². The average molecular weight is 823 g/mol. The molecule has 0 N–H and O–H groups in total. The second-order valence-electron chi connectivity index (χ2n) is 16.0. The summed E-state index contributed by atoms with van der Waals surface area (Å²) in [5.41, 5.74) is 0. The third kappa shape index (κ3) is 45.8. The normalized spacial score (nSPS) is 12.7. The van der Waals surface area contributed by atoms with Crippen molar-refractivity contribution >= 4 is 17.9 Å². The van der Waals surface area contributed by atoms with Gasteiger partial charge in [0.2, 0.25) is 0 Å². The van der Waals surface area contributed by atoms with Crippen molar-refractivity contribution in [3.63, 3.8) is 0 Å². The first-order valence-corrected chi connectivity index (χ1v) is 24.4. The molecule has 0 saturated carbocycles. The Kier molecular flexibility index (Phi) is 45.0. The number of carbonyl (C=O) groups excluding carboxylic acids is 3. The number of hydrogen-bond acceptors (Lipinski definition) is 6. The predicted octanol–water partition coefficient (Wildman–Crippen LogP) is 15.9. The maximum atomic E-state index is 12.7. The quantitative estimate of drug-likeness (QED) is 0.0264. The lowest BCUT2D eigenvalue weighted by atomic mass is 10.1. The van der Waals surface area contributed by atoms with Crippen molar-refractivity contribution in [3.8, 4) is 0 Å². The lowest BCUT2D eigenvalue weighted by Gasteiger charge is -2.18. The second kappa shape index (κ2) is 47.5. The van der Waals surface area contributed by atoms with Crippen LogP contribution in [0.2, 0.25) is 0 Å². The van der Waals surface area contributed by atoms with Gasteiger partial charge in [-0.1, -0.05) is 196 Å². The summed E-state index contributed by atoms with van der Waals surface area (Å²) in [4.78, 5) is 37.8. The smallest absolute Gasteiger partial charge is 0.306 e. The summed E-state index contributed by atoms with van der Waals surface area (Å²) in [6.07, 6.45) is 58.9. The first-order chi connectivity index (χ1) is 29.0. The van der Waals surface area contributed by atoms with Crippen molar-refractivity contribution in [3.05, 3.63) is 72.9 Å². The summed E-state index contributed by atoms with van der Waals surface area (Å²) in [7, 11) is 0. The zero-order valence-electron chi connectivity index (χ0n) is 38.5. The molecular formula is C53H90O6. The van der Waals surface area contributed by atoms with Gasteiger partial charge in [0.05, 0.1) is 0 Å². The summed E-state index contributed by atoms with van der Waals surface area (Å²) in [5, 5.41) is 0.